The summed E-state index contributed by atoms with van der Waals surface area (Å²) in [5.41, 5.74) is 2.70. The molecule has 0 saturated carbocycles. The SMILES string of the molecule is COc1ccccc1CC(CNC(=O)CC(C)n1nc(C)cc1C)C(=O)O. The van der Waals surface area contributed by atoms with Crippen LogP contribution in [0.25, 0.3) is 0 Å². The first kappa shape index (κ1) is 20.5. The molecule has 1 aromatic heterocycles. The van der Waals surface area contributed by atoms with Gasteiger partial charge in [-0.05, 0) is 44.9 Å². The first-order valence-corrected chi connectivity index (χ1v) is 8.96. The first-order valence-electron chi connectivity index (χ1n) is 8.96. The van der Waals surface area contributed by atoms with Gasteiger partial charge in [-0.15, -0.1) is 0 Å². The van der Waals surface area contributed by atoms with Gasteiger partial charge in [-0.25, -0.2) is 0 Å². The summed E-state index contributed by atoms with van der Waals surface area (Å²) < 4.78 is 7.09. The third kappa shape index (κ3) is 5.57. The number of rotatable bonds is 9. The molecule has 1 aromatic carbocycles. The number of aliphatic carboxylic acids is 1. The van der Waals surface area contributed by atoms with E-state index in [4.69, 9.17) is 4.74 Å². The van der Waals surface area contributed by atoms with Crippen LogP contribution >= 0.6 is 0 Å². The summed E-state index contributed by atoms with van der Waals surface area (Å²) in [6.45, 7) is 5.84. The third-order valence-electron chi connectivity index (χ3n) is 4.50. The van der Waals surface area contributed by atoms with E-state index in [0.29, 0.717) is 5.75 Å². The summed E-state index contributed by atoms with van der Waals surface area (Å²) in [6, 6.07) is 9.16. The van der Waals surface area contributed by atoms with E-state index in [1.54, 1.807) is 13.2 Å². The van der Waals surface area contributed by atoms with Crippen molar-refractivity contribution in [2.75, 3.05) is 13.7 Å². The van der Waals surface area contributed by atoms with Crippen LogP contribution in [0, 0.1) is 19.8 Å². The van der Waals surface area contributed by atoms with Crippen LogP contribution in [0.1, 0.15) is 36.3 Å². The highest BCUT2D eigenvalue weighted by Gasteiger charge is 2.21. The predicted molar refractivity (Wildman–Crippen MR) is 102 cm³/mol. The van der Waals surface area contributed by atoms with Crippen LogP contribution in [0.3, 0.4) is 0 Å². The number of hydrogen-bond donors (Lipinski definition) is 2. The number of hydrogen-bond acceptors (Lipinski definition) is 4. The van der Waals surface area contributed by atoms with E-state index < -0.39 is 11.9 Å². The minimum Gasteiger partial charge on any atom is -0.496 e. The van der Waals surface area contributed by atoms with E-state index in [1.165, 1.54) is 0 Å². The van der Waals surface area contributed by atoms with Crippen LogP contribution in [-0.4, -0.2) is 40.4 Å². The number of ether oxygens (including phenoxy) is 1. The first-order chi connectivity index (χ1) is 12.8. The van der Waals surface area contributed by atoms with E-state index in [0.717, 1.165) is 17.0 Å². The van der Waals surface area contributed by atoms with Crippen LogP contribution in [0.2, 0.25) is 0 Å². The molecular formula is C20H27N3O4. The van der Waals surface area contributed by atoms with Gasteiger partial charge < -0.3 is 15.2 Å². The Hall–Kier alpha value is -2.83. The fourth-order valence-electron chi connectivity index (χ4n) is 3.14. The summed E-state index contributed by atoms with van der Waals surface area (Å²) in [6.07, 6.45) is 0.523. The van der Waals surface area contributed by atoms with Gasteiger partial charge in [-0.2, -0.15) is 5.10 Å². The molecule has 0 fully saturated rings. The highest BCUT2D eigenvalue weighted by atomic mass is 16.5. The number of carboxylic acid groups (broad SMARTS) is 1. The maximum Gasteiger partial charge on any atom is 0.308 e. The largest absolute Gasteiger partial charge is 0.496 e. The van der Waals surface area contributed by atoms with Crippen molar-refractivity contribution in [3.63, 3.8) is 0 Å². The minimum atomic E-state index is -0.951. The van der Waals surface area contributed by atoms with Gasteiger partial charge in [0.2, 0.25) is 5.91 Å². The van der Waals surface area contributed by atoms with Crippen molar-refractivity contribution in [3.05, 3.63) is 47.3 Å². The lowest BCUT2D eigenvalue weighted by molar-refractivity contribution is -0.141. The summed E-state index contributed by atoms with van der Waals surface area (Å²) >= 11 is 0. The maximum absolute atomic E-state index is 12.3. The molecule has 2 unspecified atom stereocenters. The molecule has 0 spiro atoms. The number of amides is 1. The average Bonchev–Trinajstić information content (AvgIpc) is 2.97. The molecule has 2 aromatic rings. The topological polar surface area (TPSA) is 93.5 Å². The van der Waals surface area contributed by atoms with Crippen molar-refractivity contribution in [1.82, 2.24) is 15.1 Å². The van der Waals surface area contributed by atoms with Crippen LogP contribution in [-0.2, 0) is 16.0 Å². The lowest BCUT2D eigenvalue weighted by atomic mass is 9.98. The summed E-state index contributed by atoms with van der Waals surface area (Å²) in [7, 11) is 1.55. The summed E-state index contributed by atoms with van der Waals surface area (Å²) in [5.74, 6) is -1.23. The number of carboxylic acids is 1. The number of aryl methyl sites for hydroxylation is 2. The van der Waals surface area contributed by atoms with Crippen molar-refractivity contribution >= 4 is 11.9 Å². The third-order valence-corrected chi connectivity index (χ3v) is 4.50. The van der Waals surface area contributed by atoms with Gasteiger partial charge >= 0.3 is 5.97 Å². The molecule has 0 aliphatic carbocycles. The van der Waals surface area contributed by atoms with Crippen molar-refractivity contribution < 1.29 is 19.4 Å². The van der Waals surface area contributed by atoms with Gasteiger partial charge in [0.25, 0.3) is 0 Å². The van der Waals surface area contributed by atoms with Gasteiger partial charge in [0.1, 0.15) is 5.75 Å². The molecule has 146 valence electrons. The Kier molecular flexibility index (Phi) is 6.98. The maximum atomic E-state index is 12.3. The number of nitrogens with zero attached hydrogens (tertiary/aromatic N) is 2. The molecule has 1 heterocycles. The Labute approximate surface area is 159 Å². The molecule has 2 atom stereocenters. The van der Waals surface area contributed by atoms with Crippen molar-refractivity contribution in [3.8, 4) is 5.75 Å². The van der Waals surface area contributed by atoms with Gasteiger partial charge in [0.05, 0.1) is 24.8 Å². The molecule has 1 amide bonds. The Morgan fingerprint density at radius 2 is 2.00 bits per heavy atom. The lowest BCUT2D eigenvalue weighted by Gasteiger charge is -2.17. The number of benzene rings is 1. The van der Waals surface area contributed by atoms with Crippen LogP contribution in [0.15, 0.2) is 30.3 Å². The van der Waals surface area contributed by atoms with Crippen LogP contribution in [0.5, 0.6) is 5.75 Å². The number of aromatic nitrogens is 2. The smallest absolute Gasteiger partial charge is 0.308 e. The fourth-order valence-corrected chi connectivity index (χ4v) is 3.14. The van der Waals surface area contributed by atoms with Gasteiger partial charge in [0.15, 0.2) is 0 Å². The fraction of sp³-hybridized carbons (Fsp3) is 0.450. The number of carbonyl (C=O) groups excluding carboxylic acids is 1. The molecular weight excluding hydrogens is 346 g/mol. The molecule has 27 heavy (non-hydrogen) atoms. The Bertz CT molecular complexity index is 800. The molecule has 0 aliphatic rings. The lowest BCUT2D eigenvalue weighted by Crippen LogP contribution is -2.35. The average molecular weight is 373 g/mol. The quantitative estimate of drug-likeness (QED) is 0.704. The molecule has 0 aliphatic heterocycles. The predicted octanol–water partition coefficient (Wildman–Crippen LogP) is 2.52. The molecule has 2 rings (SSSR count). The second-order valence-electron chi connectivity index (χ2n) is 6.78. The van der Waals surface area contributed by atoms with E-state index >= 15 is 0 Å². The minimum absolute atomic E-state index is 0.0655. The molecule has 7 nitrogen and oxygen atoms in total. The Balaban J connectivity index is 1.94. The van der Waals surface area contributed by atoms with Gasteiger partial charge in [-0.3, -0.25) is 14.3 Å². The molecule has 7 heteroatoms. The molecule has 0 radical (unpaired) electrons. The number of para-hydroxylation sites is 1. The monoisotopic (exact) mass is 373 g/mol. The zero-order chi connectivity index (χ0) is 20.0. The zero-order valence-corrected chi connectivity index (χ0v) is 16.2. The van der Waals surface area contributed by atoms with Crippen LogP contribution < -0.4 is 10.1 Å². The zero-order valence-electron chi connectivity index (χ0n) is 16.2. The van der Waals surface area contributed by atoms with Crippen molar-refractivity contribution in [2.24, 2.45) is 5.92 Å². The number of nitrogens with one attached hydrogen (secondary N) is 1. The van der Waals surface area contributed by atoms with Crippen molar-refractivity contribution in [2.45, 2.75) is 39.7 Å². The van der Waals surface area contributed by atoms with E-state index in [9.17, 15) is 14.7 Å². The highest BCUT2D eigenvalue weighted by Crippen LogP contribution is 2.21. The van der Waals surface area contributed by atoms with E-state index in [-0.39, 0.29) is 31.3 Å². The Morgan fingerprint density at radius 3 is 2.59 bits per heavy atom. The van der Waals surface area contributed by atoms with E-state index in [1.807, 2.05) is 49.7 Å². The molecule has 2 N–H and O–H groups in total. The van der Waals surface area contributed by atoms with Crippen molar-refractivity contribution in [1.29, 1.82) is 0 Å². The van der Waals surface area contributed by atoms with Gasteiger partial charge in [0, 0.05) is 18.7 Å². The normalized spacial score (nSPS) is 13.0. The van der Waals surface area contributed by atoms with Gasteiger partial charge in [-0.1, -0.05) is 18.2 Å². The summed E-state index contributed by atoms with van der Waals surface area (Å²) in [4.78, 5) is 23.9. The summed E-state index contributed by atoms with van der Waals surface area (Å²) in [5, 5.41) is 16.6. The standard InChI is InChI=1S/C20H27N3O4/c1-13-9-14(2)23(22-13)15(3)10-19(24)21-12-17(20(25)26)11-16-7-5-6-8-18(16)27-4/h5-9,15,17H,10-12H2,1-4H3,(H,21,24)(H,25,26). The van der Waals surface area contributed by atoms with Crippen LogP contribution in [0.4, 0.5) is 0 Å². The molecule has 0 saturated heterocycles. The number of methoxy groups -OCH3 is 1. The second-order valence-corrected chi connectivity index (χ2v) is 6.78. The van der Waals surface area contributed by atoms with E-state index in [2.05, 4.69) is 10.4 Å². The number of carbonyl (C=O) groups is 2. The second kappa shape index (κ2) is 9.21. The molecule has 0 bridgehead atoms. The Morgan fingerprint density at radius 1 is 1.30 bits per heavy atom. The highest BCUT2D eigenvalue weighted by molar-refractivity contribution is 5.77.